The van der Waals surface area contributed by atoms with Crippen molar-refractivity contribution in [1.82, 2.24) is 10.2 Å². The average Bonchev–Trinajstić information content (AvgIpc) is 2.34. The van der Waals surface area contributed by atoms with E-state index in [1.165, 1.54) is 58.0 Å². The summed E-state index contributed by atoms with van der Waals surface area (Å²) in [6.45, 7) is 7.26. The summed E-state index contributed by atoms with van der Waals surface area (Å²) in [6.07, 6.45) is 9.70. The van der Waals surface area contributed by atoms with Gasteiger partial charge in [0.2, 0.25) is 0 Å². The molecule has 0 bridgehead atoms. The monoisotopic (exact) mass is 226 g/mol. The largest absolute Gasteiger partial charge is 0.316 e. The van der Waals surface area contributed by atoms with Crippen molar-refractivity contribution in [3.05, 3.63) is 0 Å². The molecule has 1 rings (SSSR count). The van der Waals surface area contributed by atoms with E-state index in [9.17, 15) is 0 Å². The number of nitrogens with one attached hydrogen (secondary N) is 1. The van der Waals surface area contributed by atoms with Crippen LogP contribution in [0.25, 0.3) is 0 Å². The number of likely N-dealkylation sites (tertiary alicyclic amines) is 1. The maximum atomic E-state index is 3.42. The third kappa shape index (κ3) is 4.84. The van der Waals surface area contributed by atoms with Gasteiger partial charge in [0.25, 0.3) is 0 Å². The van der Waals surface area contributed by atoms with Crippen LogP contribution in [0.4, 0.5) is 0 Å². The second-order valence-corrected chi connectivity index (χ2v) is 5.32. The Balaban J connectivity index is 2.16. The fourth-order valence-electron chi connectivity index (χ4n) is 2.69. The SMILES string of the molecule is CCCCCCC(C)N1CCCC(NC)C1. The molecule has 2 atom stereocenters. The summed E-state index contributed by atoms with van der Waals surface area (Å²) >= 11 is 0. The molecule has 2 unspecified atom stereocenters. The molecule has 0 aliphatic carbocycles. The molecule has 96 valence electrons. The van der Waals surface area contributed by atoms with Crippen LogP contribution in [-0.2, 0) is 0 Å². The van der Waals surface area contributed by atoms with Gasteiger partial charge in [0.15, 0.2) is 0 Å². The van der Waals surface area contributed by atoms with Gasteiger partial charge in [0.05, 0.1) is 0 Å². The first-order valence-corrected chi connectivity index (χ1v) is 7.19. The second kappa shape index (κ2) is 8.08. The molecule has 16 heavy (non-hydrogen) atoms. The summed E-state index contributed by atoms with van der Waals surface area (Å²) in [5, 5.41) is 3.42. The van der Waals surface area contributed by atoms with Crippen LogP contribution in [0.5, 0.6) is 0 Å². The van der Waals surface area contributed by atoms with E-state index >= 15 is 0 Å². The van der Waals surface area contributed by atoms with E-state index in [-0.39, 0.29) is 0 Å². The van der Waals surface area contributed by atoms with Crippen LogP contribution in [0, 0.1) is 0 Å². The lowest BCUT2D eigenvalue weighted by molar-refractivity contribution is 0.141. The molecule has 2 nitrogen and oxygen atoms in total. The van der Waals surface area contributed by atoms with Crippen molar-refractivity contribution >= 4 is 0 Å². The lowest BCUT2D eigenvalue weighted by Gasteiger charge is -2.36. The predicted octanol–water partition coefficient (Wildman–Crippen LogP) is 3.03. The molecule has 2 heteroatoms. The average molecular weight is 226 g/mol. The second-order valence-electron chi connectivity index (χ2n) is 5.32. The molecule has 1 aliphatic heterocycles. The Hall–Kier alpha value is -0.0800. The lowest BCUT2D eigenvalue weighted by atomic mass is 10.0. The van der Waals surface area contributed by atoms with Crippen LogP contribution >= 0.6 is 0 Å². The maximum absolute atomic E-state index is 3.42. The summed E-state index contributed by atoms with van der Waals surface area (Å²) < 4.78 is 0. The highest BCUT2D eigenvalue weighted by atomic mass is 15.2. The topological polar surface area (TPSA) is 15.3 Å². The number of hydrogen-bond donors (Lipinski definition) is 1. The van der Waals surface area contributed by atoms with Crippen LogP contribution in [0.15, 0.2) is 0 Å². The summed E-state index contributed by atoms with van der Waals surface area (Å²) in [7, 11) is 2.10. The molecular formula is C14H30N2. The minimum atomic E-state index is 0.729. The molecule has 0 saturated carbocycles. The van der Waals surface area contributed by atoms with E-state index in [4.69, 9.17) is 0 Å². The van der Waals surface area contributed by atoms with Crippen molar-refractivity contribution in [2.75, 3.05) is 20.1 Å². The first kappa shape index (κ1) is 14.0. The zero-order chi connectivity index (χ0) is 11.8. The predicted molar refractivity (Wildman–Crippen MR) is 71.9 cm³/mol. The quantitative estimate of drug-likeness (QED) is 0.671. The highest BCUT2D eigenvalue weighted by Gasteiger charge is 2.21. The molecule has 0 spiro atoms. The summed E-state index contributed by atoms with van der Waals surface area (Å²) in [4.78, 5) is 2.68. The summed E-state index contributed by atoms with van der Waals surface area (Å²) in [5.74, 6) is 0. The number of piperidine rings is 1. The highest BCUT2D eigenvalue weighted by Crippen LogP contribution is 2.16. The van der Waals surface area contributed by atoms with E-state index < -0.39 is 0 Å². The van der Waals surface area contributed by atoms with Gasteiger partial charge in [-0.1, -0.05) is 32.6 Å². The van der Waals surface area contributed by atoms with Crippen LogP contribution in [-0.4, -0.2) is 37.1 Å². The molecule has 1 heterocycles. The van der Waals surface area contributed by atoms with Gasteiger partial charge in [-0.2, -0.15) is 0 Å². The summed E-state index contributed by atoms with van der Waals surface area (Å²) in [6, 6.07) is 1.51. The number of nitrogens with zero attached hydrogens (tertiary/aromatic N) is 1. The van der Waals surface area contributed by atoms with Crippen molar-refractivity contribution in [3.63, 3.8) is 0 Å². The van der Waals surface area contributed by atoms with Crippen LogP contribution in [0.2, 0.25) is 0 Å². The van der Waals surface area contributed by atoms with E-state index in [1.54, 1.807) is 0 Å². The standard InChI is InChI=1S/C14H30N2/c1-4-5-6-7-9-13(2)16-11-8-10-14(12-16)15-3/h13-15H,4-12H2,1-3H3. The first-order chi connectivity index (χ1) is 7.77. The van der Waals surface area contributed by atoms with Crippen molar-refractivity contribution in [1.29, 1.82) is 0 Å². The molecule has 1 saturated heterocycles. The number of unbranched alkanes of at least 4 members (excludes halogenated alkanes) is 3. The van der Waals surface area contributed by atoms with E-state index in [0.29, 0.717) is 0 Å². The zero-order valence-electron chi connectivity index (χ0n) is 11.5. The smallest absolute Gasteiger partial charge is 0.0192 e. The van der Waals surface area contributed by atoms with Gasteiger partial charge in [-0.3, -0.25) is 4.90 Å². The zero-order valence-corrected chi connectivity index (χ0v) is 11.5. The van der Waals surface area contributed by atoms with E-state index in [2.05, 4.69) is 31.1 Å². The maximum Gasteiger partial charge on any atom is 0.0192 e. The molecule has 0 aromatic heterocycles. The van der Waals surface area contributed by atoms with Gasteiger partial charge in [-0.05, 0) is 39.8 Å². The van der Waals surface area contributed by atoms with Gasteiger partial charge in [-0.15, -0.1) is 0 Å². The number of likely N-dealkylation sites (N-methyl/N-ethyl adjacent to an activating group) is 1. The van der Waals surface area contributed by atoms with Crippen molar-refractivity contribution in [3.8, 4) is 0 Å². The van der Waals surface area contributed by atoms with E-state index in [0.717, 1.165) is 12.1 Å². The Morgan fingerprint density at radius 3 is 2.81 bits per heavy atom. The number of hydrogen-bond acceptors (Lipinski definition) is 2. The van der Waals surface area contributed by atoms with Gasteiger partial charge in [-0.25, -0.2) is 0 Å². The van der Waals surface area contributed by atoms with Crippen molar-refractivity contribution in [2.24, 2.45) is 0 Å². The molecule has 0 aromatic rings. The molecule has 0 amide bonds. The summed E-state index contributed by atoms with van der Waals surface area (Å²) in [5.41, 5.74) is 0. The third-order valence-electron chi connectivity index (χ3n) is 3.96. The van der Waals surface area contributed by atoms with Gasteiger partial charge >= 0.3 is 0 Å². The Kier molecular flexibility index (Phi) is 7.06. The Labute approximate surface area is 102 Å². The molecule has 1 aliphatic rings. The molecule has 0 radical (unpaired) electrons. The van der Waals surface area contributed by atoms with Crippen molar-refractivity contribution in [2.45, 2.75) is 70.9 Å². The van der Waals surface area contributed by atoms with Crippen molar-refractivity contribution < 1.29 is 0 Å². The fraction of sp³-hybridized carbons (Fsp3) is 1.00. The normalized spacial score (nSPS) is 24.6. The highest BCUT2D eigenvalue weighted by molar-refractivity contribution is 4.80. The third-order valence-corrected chi connectivity index (χ3v) is 3.96. The van der Waals surface area contributed by atoms with Crippen LogP contribution in [0.3, 0.4) is 0 Å². The first-order valence-electron chi connectivity index (χ1n) is 7.19. The lowest BCUT2D eigenvalue weighted by Crippen LogP contribution is -2.47. The molecular weight excluding hydrogens is 196 g/mol. The van der Waals surface area contributed by atoms with Crippen LogP contribution in [0.1, 0.15) is 58.8 Å². The van der Waals surface area contributed by atoms with Gasteiger partial charge < -0.3 is 5.32 Å². The molecule has 1 N–H and O–H groups in total. The van der Waals surface area contributed by atoms with Gasteiger partial charge in [0, 0.05) is 18.6 Å². The minimum Gasteiger partial charge on any atom is -0.316 e. The van der Waals surface area contributed by atoms with Crippen LogP contribution < -0.4 is 5.32 Å². The van der Waals surface area contributed by atoms with E-state index in [1.807, 2.05) is 0 Å². The Morgan fingerprint density at radius 1 is 1.31 bits per heavy atom. The van der Waals surface area contributed by atoms with Gasteiger partial charge in [0.1, 0.15) is 0 Å². The Morgan fingerprint density at radius 2 is 2.12 bits per heavy atom. The number of rotatable bonds is 7. The fourth-order valence-corrected chi connectivity index (χ4v) is 2.69. The Bertz CT molecular complexity index is 170. The molecule has 1 fully saturated rings. The molecule has 0 aromatic carbocycles. The minimum absolute atomic E-state index is 0.729.